The van der Waals surface area contributed by atoms with Crippen molar-refractivity contribution in [3.05, 3.63) is 90.3 Å². The van der Waals surface area contributed by atoms with Crippen molar-refractivity contribution in [1.29, 1.82) is 0 Å². The van der Waals surface area contributed by atoms with Crippen molar-refractivity contribution in [2.75, 3.05) is 5.32 Å². The van der Waals surface area contributed by atoms with Crippen LogP contribution in [0.15, 0.2) is 83.4 Å². The van der Waals surface area contributed by atoms with E-state index >= 15 is 0 Å². The molecule has 2 aromatic heterocycles. The lowest BCUT2D eigenvalue weighted by Gasteiger charge is -2.11. The number of ether oxygens (including phenoxy) is 1. The molecule has 8 heteroatoms. The number of amides is 1. The summed E-state index contributed by atoms with van der Waals surface area (Å²) in [5.74, 6) is 1.34. The van der Waals surface area contributed by atoms with E-state index in [2.05, 4.69) is 20.3 Å². The van der Waals surface area contributed by atoms with Crippen LogP contribution in [0.4, 0.5) is 5.69 Å². The smallest absolute Gasteiger partial charge is 0.255 e. The van der Waals surface area contributed by atoms with Gasteiger partial charge in [-0.15, -0.1) is 0 Å². The molecule has 0 aliphatic carbocycles. The summed E-state index contributed by atoms with van der Waals surface area (Å²) in [6, 6.07) is 14.7. The maximum absolute atomic E-state index is 12.7. The van der Waals surface area contributed by atoms with Crippen LogP contribution >= 0.6 is 11.8 Å². The molecule has 0 atom stereocenters. The zero-order chi connectivity index (χ0) is 21.6. The van der Waals surface area contributed by atoms with E-state index in [9.17, 15) is 4.79 Å². The van der Waals surface area contributed by atoms with E-state index in [1.54, 1.807) is 48.9 Å². The molecule has 156 valence electrons. The molecule has 0 saturated carbocycles. The Balaban J connectivity index is 1.37. The summed E-state index contributed by atoms with van der Waals surface area (Å²) in [6.07, 6.45) is 7.03. The van der Waals surface area contributed by atoms with Gasteiger partial charge in [0, 0.05) is 48.0 Å². The summed E-state index contributed by atoms with van der Waals surface area (Å²) < 4.78 is 7.64. The van der Waals surface area contributed by atoms with Gasteiger partial charge in [0.25, 0.3) is 5.91 Å². The average molecular weight is 432 g/mol. The summed E-state index contributed by atoms with van der Waals surface area (Å²) in [5.41, 5.74) is 2.28. The second-order valence-electron chi connectivity index (χ2n) is 6.83. The molecule has 2 heterocycles. The summed E-state index contributed by atoms with van der Waals surface area (Å²) >= 11 is 1.48. The third kappa shape index (κ3) is 5.29. The van der Waals surface area contributed by atoms with Crippen LogP contribution in [-0.4, -0.2) is 25.4 Å². The molecule has 1 N–H and O–H groups in total. The number of nitrogens with zero attached hydrogens (tertiary/aromatic N) is 4. The number of hydrogen-bond donors (Lipinski definition) is 1. The number of anilines is 1. The molecule has 0 radical (unpaired) electrons. The first-order valence-corrected chi connectivity index (χ1v) is 10.5. The number of imidazole rings is 1. The van der Waals surface area contributed by atoms with Crippen LogP contribution in [0.1, 0.15) is 21.7 Å². The van der Waals surface area contributed by atoms with Crippen molar-refractivity contribution in [2.24, 2.45) is 7.05 Å². The maximum atomic E-state index is 12.7. The lowest BCUT2D eigenvalue weighted by molar-refractivity contribution is 0.102. The maximum Gasteiger partial charge on any atom is 0.255 e. The summed E-state index contributed by atoms with van der Waals surface area (Å²) in [7, 11) is 1.92. The molecular formula is C23H21N5O2S. The van der Waals surface area contributed by atoms with Crippen LogP contribution < -0.4 is 10.1 Å². The Bertz CT molecular complexity index is 1180. The quantitative estimate of drug-likeness (QED) is 0.434. The van der Waals surface area contributed by atoms with Crippen LogP contribution in [-0.2, 0) is 13.7 Å². The Kier molecular flexibility index (Phi) is 6.28. The van der Waals surface area contributed by atoms with Gasteiger partial charge >= 0.3 is 0 Å². The molecule has 4 aromatic rings. The summed E-state index contributed by atoms with van der Waals surface area (Å²) in [6.45, 7) is 2.33. The minimum Gasteiger partial charge on any atom is -0.486 e. The van der Waals surface area contributed by atoms with Crippen LogP contribution in [0.5, 0.6) is 5.75 Å². The van der Waals surface area contributed by atoms with Crippen molar-refractivity contribution in [1.82, 2.24) is 19.5 Å². The standard InChI is InChI=1S/C23H21N5O2S/c1-16-14-19(31-23-25-10-3-11-26-23)8-9-20(16)27-22(29)17-4-6-18(7-5-17)30-15-21-24-12-13-28(21)2/h3-14H,15H2,1-2H3,(H,27,29). The molecule has 0 fully saturated rings. The van der Waals surface area contributed by atoms with Gasteiger partial charge in [-0.3, -0.25) is 4.79 Å². The van der Waals surface area contributed by atoms with Gasteiger partial charge in [0.2, 0.25) is 0 Å². The molecule has 7 nitrogen and oxygen atoms in total. The first-order chi connectivity index (χ1) is 15.1. The summed E-state index contributed by atoms with van der Waals surface area (Å²) in [5, 5.41) is 3.65. The molecule has 0 saturated heterocycles. The third-order valence-electron chi connectivity index (χ3n) is 4.60. The van der Waals surface area contributed by atoms with Crippen LogP contribution in [0.2, 0.25) is 0 Å². The summed E-state index contributed by atoms with van der Waals surface area (Å²) in [4.78, 5) is 26.3. The highest BCUT2D eigenvalue weighted by Gasteiger charge is 2.10. The molecular weight excluding hydrogens is 410 g/mol. The number of nitrogens with one attached hydrogen (secondary N) is 1. The minimum atomic E-state index is -0.175. The molecule has 0 bridgehead atoms. The first-order valence-electron chi connectivity index (χ1n) is 9.64. The molecule has 0 spiro atoms. The number of carbonyl (C=O) groups is 1. The highest BCUT2D eigenvalue weighted by Crippen LogP contribution is 2.28. The number of hydrogen-bond acceptors (Lipinski definition) is 6. The van der Waals surface area contributed by atoms with Gasteiger partial charge < -0.3 is 14.6 Å². The molecule has 4 rings (SSSR count). The Morgan fingerprint density at radius 3 is 2.52 bits per heavy atom. The molecule has 1 amide bonds. The van der Waals surface area contributed by atoms with E-state index < -0.39 is 0 Å². The normalized spacial score (nSPS) is 10.6. The first kappa shape index (κ1) is 20.6. The number of carbonyl (C=O) groups excluding carboxylic acids is 1. The van der Waals surface area contributed by atoms with Gasteiger partial charge in [-0.05, 0) is 72.8 Å². The van der Waals surface area contributed by atoms with Gasteiger partial charge in [-0.1, -0.05) is 0 Å². The number of aryl methyl sites for hydroxylation is 2. The Labute approximate surface area is 184 Å². The third-order valence-corrected chi connectivity index (χ3v) is 5.49. The predicted molar refractivity (Wildman–Crippen MR) is 119 cm³/mol. The monoisotopic (exact) mass is 431 g/mol. The van der Waals surface area contributed by atoms with E-state index in [-0.39, 0.29) is 5.91 Å². The van der Waals surface area contributed by atoms with Gasteiger partial charge in [-0.2, -0.15) is 0 Å². The zero-order valence-corrected chi connectivity index (χ0v) is 18.0. The molecule has 0 aliphatic rings. The number of benzene rings is 2. The molecule has 0 unspecified atom stereocenters. The molecule has 2 aromatic carbocycles. The lowest BCUT2D eigenvalue weighted by atomic mass is 10.1. The van der Waals surface area contributed by atoms with Crippen molar-refractivity contribution in [3.63, 3.8) is 0 Å². The van der Waals surface area contributed by atoms with Gasteiger partial charge in [0.1, 0.15) is 18.2 Å². The van der Waals surface area contributed by atoms with Crippen LogP contribution in [0, 0.1) is 6.92 Å². The van der Waals surface area contributed by atoms with Crippen molar-refractivity contribution in [3.8, 4) is 5.75 Å². The number of aromatic nitrogens is 4. The second-order valence-corrected chi connectivity index (χ2v) is 7.87. The highest BCUT2D eigenvalue weighted by molar-refractivity contribution is 7.99. The molecule has 31 heavy (non-hydrogen) atoms. The Hall–Kier alpha value is -3.65. The topological polar surface area (TPSA) is 81.9 Å². The van der Waals surface area contributed by atoms with Gasteiger partial charge in [0.15, 0.2) is 5.16 Å². The zero-order valence-electron chi connectivity index (χ0n) is 17.1. The lowest BCUT2D eigenvalue weighted by Crippen LogP contribution is -2.12. The SMILES string of the molecule is Cc1cc(Sc2ncccn2)ccc1NC(=O)c1ccc(OCc2nccn2C)cc1. The van der Waals surface area contributed by atoms with Crippen molar-refractivity contribution >= 4 is 23.4 Å². The minimum absolute atomic E-state index is 0.175. The van der Waals surface area contributed by atoms with E-state index in [4.69, 9.17) is 4.74 Å². The largest absolute Gasteiger partial charge is 0.486 e. The predicted octanol–water partition coefficient (Wildman–Crippen LogP) is 4.50. The van der Waals surface area contributed by atoms with Crippen molar-refractivity contribution in [2.45, 2.75) is 23.6 Å². The van der Waals surface area contributed by atoms with E-state index in [0.29, 0.717) is 23.1 Å². The Morgan fingerprint density at radius 2 is 1.84 bits per heavy atom. The van der Waals surface area contributed by atoms with Crippen LogP contribution in [0.3, 0.4) is 0 Å². The van der Waals surface area contributed by atoms with Crippen LogP contribution in [0.25, 0.3) is 0 Å². The number of rotatable bonds is 7. The fourth-order valence-electron chi connectivity index (χ4n) is 2.86. The Morgan fingerprint density at radius 1 is 1.06 bits per heavy atom. The fraction of sp³-hybridized carbons (Fsp3) is 0.130. The fourth-order valence-corrected chi connectivity index (χ4v) is 3.67. The van der Waals surface area contributed by atoms with E-state index in [1.807, 2.05) is 42.9 Å². The van der Waals surface area contributed by atoms with Gasteiger partial charge in [-0.25, -0.2) is 15.0 Å². The van der Waals surface area contributed by atoms with Gasteiger partial charge in [0.05, 0.1) is 0 Å². The van der Waals surface area contributed by atoms with Crippen molar-refractivity contribution < 1.29 is 9.53 Å². The van der Waals surface area contributed by atoms with E-state index in [0.717, 1.165) is 22.0 Å². The highest BCUT2D eigenvalue weighted by atomic mass is 32.2. The second kappa shape index (κ2) is 9.44. The average Bonchev–Trinajstić information content (AvgIpc) is 3.20. The molecule has 0 aliphatic heterocycles. The van der Waals surface area contributed by atoms with E-state index in [1.165, 1.54) is 11.8 Å².